The van der Waals surface area contributed by atoms with Gasteiger partial charge in [-0.05, 0) is 37.5 Å². The fraction of sp³-hybridized carbons (Fsp3) is 0.833. The topological polar surface area (TPSA) is 107 Å². The quantitative estimate of drug-likeness (QED) is 0.609. The zero-order valence-corrected chi connectivity index (χ0v) is 15.7. The average Bonchev–Trinajstić information content (AvgIpc) is 2.57. The maximum atomic E-state index is 12.6. The molecule has 0 aromatic heterocycles. The second kappa shape index (κ2) is 9.75. The number of carboxylic acid groups (broad SMARTS) is 1. The number of carboxylic acids is 1. The van der Waals surface area contributed by atoms with E-state index in [0.717, 1.165) is 12.8 Å². The summed E-state index contributed by atoms with van der Waals surface area (Å²) in [6, 6.07) is -1.69. The molecule has 0 saturated carbocycles. The Bertz CT molecular complexity index is 480. The molecule has 0 aromatic carbocycles. The first-order valence-corrected chi connectivity index (χ1v) is 9.20. The zero-order valence-electron chi connectivity index (χ0n) is 15.7. The van der Waals surface area contributed by atoms with Gasteiger partial charge in [0, 0.05) is 6.54 Å². The lowest BCUT2D eigenvalue weighted by Gasteiger charge is -2.37. The number of likely N-dealkylation sites (tertiary alicyclic amines) is 1. The SMILES string of the molecule is CC[C@H](C)[C@H](NC(=O)[C@@H]1CCCCN1C(=O)[C@H](O)CC(C)C)C(=O)O. The molecule has 7 heteroatoms. The molecular formula is C18H32N2O5. The van der Waals surface area contributed by atoms with Crippen molar-refractivity contribution in [2.75, 3.05) is 6.54 Å². The number of amides is 2. The Morgan fingerprint density at radius 1 is 1.20 bits per heavy atom. The van der Waals surface area contributed by atoms with E-state index in [4.69, 9.17) is 0 Å². The molecule has 1 saturated heterocycles. The Kier molecular flexibility index (Phi) is 8.35. The monoisotopic (exact) mass is 356 g/mol. The maximum Gasteiger partial charge on any atom is 0.326 e. The summed E-state index contributed by atoms with van der Waals surface area (Å²) in [7, 11) is 0. The van der Waals surface area contributed by atoms with Crippen LogP contribution in [0.25, 0.3) is 0 Å². The van der Waals surface area contributed by atoms with E-state index in [0.29, 0.717) is 25.8 Å². The largest absolute Gasteiger partial charge is 0.480 e. The molecule has 1 heterocycles. The van der Waals surface area contributed by atoms with Gasteiger partial charge in [-0.15, -0.1) is 0 Å². The Hall–Kier alpha value is -1.63. The first-order valence-electron chi connectivity index (χ1n) is 9.20. The summed E-state index contributed by atoms with van der Waals surface area (Å²) in [5, 5.41) is 22.1. The summed E-state index contributed by atoms with van der Waals surface area (Å²) in [5.74, 6) is -2.00. The molecular weight excluding hydrogens is 324 g/mol. The van der Waals surface area contributed by atoms with Crippen LogP contribution in [-0.4, -0.2) is 57.6 Å². The van der Waals surface area contributed by atoms with Crippen LogP contribution in [0.3, 0.4) is 0 Å². The molecule has 1 aliphatic rings. The lowest BCUT2D eigenvalue weighted by molar-refractivity contribution is -0.151. The molecule has 0 radical (unpaired) electrons. The molecule has 1 fully saturated rings. The van der Waals surface area contributed by atoms with Gasteiger partial charge in [-0.2, -0.15) is 0 Å². The van der Waals surface area contributed by atoms with Gasteiger partial charge in [0.1, 0.15) is 18.2 Å². The number of rotatable bonds is 8. The predicted octanol–water partition coefficient (Wildman–Crippen LogP) is 1.39. The maximum absolute atomic E-state index is 12.6. The van der Waals surface area contributed by atoms with Gasteiger partial charge in [-0.1, -0.05) is 34.1 Å². The lowest BCUT2D eigenvalue weighted by Crippen LogP contribution is -2.57. The number of hydrogen-bond donors (Lipinski definition) is 3. The summed E-state index contributed by atoms with van der Waals surface area (Å²) in [6.07, 6.45) is 1.89. The predicted molar refractivity (Wildman–Crippen MR) is 93.8 cm³/mol. The van der Waals surface area contributed by atoms with Crippen molar-refractivity contribution in [2.45, 2.75) is 78.0 Å². The van der Waals surface area contributed by atoms with Crippen LogP contribution in [0.15, 0.2) is 0 Å². The Labute approximate surface area is 149 Å². The highest BCUT2D eigenvalue weighted by atomic mass is 16.4. The number of aliphatic carboxylic acids is 1. The number of nitrogens with zero attached hydrogens (tertiary/aromatic N) is 1. The van der Waals surface area contributed by atoms with E-state index in [2.05, 4.69) is 5.32 Å². The molecule has 1 aliphatic heterocycles. The third-order valence-electron chi connectivity index (χ3n) is 4.85. The standard InChI is InChI=1S/C18H32N2O5/c1-5-12(4)15(18(24)25)19-16(22)13-8-6-7-9-20(13)17(23)14(21)10-11(2)3/h11-15,21H,5-10H2,1-4H3,(H,19,22)(H,24,25)/t12-,13-,14+,15-/m0/s1. The first kappa shape index (κ1) is 21.4. The van der Waals surface area contributed by atoms with E-state index in [9.17, 15) is 24.6 Å². The van der Waals surface area contributed by atoms with Crippen molar-refractivity contribution in [2.24, 2.45) is 11.8 Å². The number of nitrogens with one attached hydrogen (secondary N) is 1. The number of aliphatic hydroxyl groups excluding tert-OH is 1. The van der Waals surface area contributed by atoms with Crippen LogP contribution >= 0.6 is 0 Å². The van der Waals surface area contributed by atoms with E-state index in [1.165, 1.54) is 4.90 Å². The Balaban J connectivity index is 2.85. The fourth-order valence-electron chi connectivity index (χ4n) is 3.14. The highest BCUT2D eigenvalue weighted by Crippen LogP contribution is 2.21. The van der Waals surface area contributed by atoms with E-state index in [-0.39, 0.29) is 11.8 Å². The third kappa shape index (κ3) is 5.99. The Morgan fingerprint density at radius 2 is 1.84 bits per heavy atom. The van der Waals surface area contributed by atoms with Gasteiger partial charge in [0.15, 0.2) is 0 Å². The molecule has 25 heavy (non-hydrogen) atoms. The minimum absolute atomic E-state index is 0.165. The number of carbonyl (C=O) groups is 3. The highest BCUT2D eigenvalue weighted by molar-refractivity contribution is 5.91. The second-order valence-corrected chi connectivity index (χ2v) is 7.40. The molecule has 7 nitrogen and oxygen atoms in total. The molecule has 0 spiro atoms. The van der Waals surface area contributed by atoms with E-state index < -0.39 is 36.0 Å². The van der Waals surface area contributed by atoms with Crippen molar-refractivity contribution in [3.63, 3.8) is 0 Å². The summed E-state index contributed by atoms with van der Waals surface area (Å²) in [6.45, 7) is 7.88. The highest BCUT2D eigenvalue weighted by Gasteiger charge is 2.37. The second-order valence-electron chi connectivity index (χ2n) is 7.40. The third-order valence-corrected chi connectivity index (χ3v) is 4.85. The van der Waals surface area contributed by atoms with Crippen molar-refractivity contribution >= 4 is 17.8 Å². The van der Waals surface area contributed by atoms with Crippen molar-refractivity contribution in [1.82, 2.24) is 10.2 Å². The average molecular weight is 356 g/mol. The van der Waals surface area contributed by atoms with Crippen LogP contribution in [-0.2, 0) is 14.4 Å². The summed E-state index contributed by atoms with van der Waals surface area (Å²) >= 11 is 0. The minimum Gasteiger partial charge on any atom is -0.480 e. The summed E-state index contributed by atoms with van der Waals surface area (Å²) < 4.78 is 0. The molecule has 144 valence electrons. The molecule has 2 amide bonds. The van der Waals surface area contributed by atoms with Crippen molar-refractivity contribution < 1.29 is 24.6 Å². The Morgan fingerprint density at radius 3 is 2.36 bits per heavy atom. The van der Waals surface area contributed by atoms with Crippen molar-refractivity contribution in [1.29, 1.82) is 0 Å². The van der Waals surface area contributed by atoms with E-state index in [1.54, 1.807) is 6.92 Å². The van der Waals surface area contributed by atoms with Gasteiger partial charge < -0.3 is 20.4 Å². The number of hydrogen-bond acceptors (Lipinski definition) is 4. The molecule has 0 aliphatic carbocycles. The fourth-order valence-corrected chi connectivity index (χ4v) is 3.14. The molecule has 1 rings (SSSR count). The van der Waals surface area contributed by atoms with Gasteiger partial charge in [0.05, 0.1) is 0 Å². The molecule has 0 aromatic rings. The van der Waals surface area contributed by atoms with Gasteiger partial charge in [-0.3, -0.25) is 9.59 Å². The van der Waals surface area contributed by atoms with Gasteiger partial charge in [-0.25, -0.2) is 4.79 Å². The normalized spacial score (nSPS) is 21.5. The van der Waals surface area contributed by atoms with Gasteiger partial charge in [0.25, 0.3) is 5.91 Å². The van der Waals surface area contributed by atoms with Crippen LogP contribution in [0.1, 0.15) is 59.8 Å². The molecule has 3 N–H and O–H groups in total. The van der Waals surface area contributed by atoms with Crippen LogP contribution < -0.4 is 5.32 Å². The summed E-state index contributed by atoms with van der Waals surface area (Å²) in [5.41, 5.74) is 0. The molecule has 0 unspecified atom stereocenters. The minimum atomic E-state index is -1.13. The smallest absolute Gasteiger partial charge is 0.326 e. The molecule has 0 bridgehead atoms. The number of aliphatic hydroxyl groups is 1. The summed E-state index contributed by atoms with van der Waals surface area (Å²) in [4.78, 5) is 38.0. The zero-order chi connectivity index (χ0) is 19.1. The van der Waals surface area contributed by atoms with Gasteiger partial charge in [0.2, 0.25) is 5.91 Å². The first-order chi connectivity index (χ1) is 11.7. The number of carbonyl (C=O) groups excluding carboxylic acids is 2. The van der Waals surface area contributed by atoms with Crippen LogP contribution in [0.5, 0.6) is 0 Å². The van der Waals surface area contributed by atoms with Crippen molar-refractivity contribution in [3.8, 4) is 0 Å². The van der Waals surface area contributed by atoms with Gasteiger partial charge >= 0.3 is 5.97 Å². The van der Waals surface area contributed by atoms with Crippen LogP contribution in [0.4, 0.5) is 0 Å². The van der Waals surface area contributed by atoms with Crippen LogP contribution in [0, 0.1) is 11.8 Å². The van der Waals surface area contributed by atoms with E-state index in [1.807, 2.05) is 20.8 Å². The molecule has 4 atom stereocenters. The van der Waals surface area contributed by atoms with E-state index >= 15 is 0 Å². The number of piperidine rings is 1. The van der Waals surface area contributed by atoms with Crippen LogP contribution in [0.2, 0.25) is 0 Å². The lowest BCUT2D eigenvalue weighted by atomic mass is 9.96. The van der Waals surface area contributed by atoms with Crippen molar-refractivity contribution in [3.05, 3.63) is 0 Å².